The van der Waals surface area contributed by atoms with Gasteiger partial charge in [-0.05, 0) is 31.0 Å². The van der Waals surface area contributed by atoms with Gasteiger partial charge in [0.05, 0.1) is 12.2 Å². The van der Waals surface area contributed by atoms with E-state index in [4.69, 9.17) is 0 Å². The van der Waals surface area contributed by atoms with Gasteiger partial charge in [-0.25, -0.2) is 0 Å². The van der Waals surface area contributed by atoms with E-state index in [0.717, 1.165) is 38.2 Å². The van der Waals surface area contributed by atoms with Gasteiger partial charge >= 0.3 is 0 Å². The van der Waals surface area contributed by atoms with Gasteiger partial charge in [-0.3, -0.25) is 4.68 Å². The first-order chi connectivity index (χ1) is 9.85. The average Bonchev–Trinajstić information content (AvgIpc) is 3.05. The maximum atomic E-state index is 4.23. The predicted octanol–water partition coefficient (Wildman–Crippen LogP) is 2.49. The molecule has 0 aliphatic carbocycles. The molecule has 106 valence electrons. The van der Waals surface area contributed by atoms with Crippen LogP contribution in [0.5, 0.6) is 0 Å². The third-order valence-electron chi connectivity index (χ3n) is 3.42. The van der Waals surface area contributed by atoms with E-state index in [1.165, 1.54) is 10.5 Å². The Kier molecular flexibility index (Phi) is 4.38. The lowest BCUT2D eigenvalue weighted by Crippen LogP contribution is -2.14. The van der Waals surface area contributed by atoms with E-state index in [-0.39, 0.29) is 0 Å². The predicted molar refractivity (Wildman–Crippen MR) is 81.8 cm³/mol. The topological polar surface area (TPSA) is 42.7 Å². The summed E-state index contributed by atoms with van der Waals surface area (Å²) in [7, 11) is 0. The molecular formula is C15H20N4S. The molecule has 1 aromatic carbocycles. The van der Waals surface area contributed by atoms with Crippen LogP contribution in [0.25, 0.3) is 0 Å². The Morgan fingerprint density at radius 1 is 1.40 bits per heavy atom. The number of nitrogens with one attached hydrogen (secondary N) is 1. The Morgan fingerprint density at radius 3 is 3.15 bits per heavy atom. The second-order valence-corrected chi connectivity index (χ2v) is 6.50. The maximum Gasteiger partial charge on any atom is 0.0964 e. The molecular weight excluding hydrogens is 268 g/mol. The number of benzene rings is 1. The third kappa shape index (κ3) is 3.22. The van der Waals surface area contributed by atoms with Crippen molar-refractivity contribution in [1.29, 1.82) is 0 Å². The van der Waals surface area contributed by atoms with Crippen molar-refractivity contribution in [2.24, 2.45) is 0 Å². The van der Waals surface area contributed by atoms with Crippen molar-refractivity contribution >= 4 is 11.8 Å². The minimum Gasteiger partial charge on any atom is -0.311 e. The largest absolute Gasteiger partial charge is 0.311 e. The van der Waals surface area contributed by atoms with E-state index in [1.54, 1.807) is 0 Å². The number of hydrogen-bond donors (Lipinski definition) is 1. The second-order valence-electron chi connectivity index (χ2n) is 5.16. The summed E-state index contributed by atoms with van der Waals surface area (Å²) in [5.74, 6) is 0. The monoisotopic (exact) mass is 288 g/mol. The summed E-state index contributed by atoms with van der Waals surface area (Å²) in [6.07, 6.45) is 4.33. The van der Waals surface area contributed by atoms with Crippen LogP contribution in [0, 0.1) is 0 Å². The van der Waals surface area contributed by atoms with Gasteiger partial charge in [-0.15, -0.1) is 16.9 Å². The van der Waals surface area contributed by atoms with Crippen LogP contribution in [0.2, 0.25) is 0 Å². The van der Waals surface area contributed by atoms with Crippen molar-refractivity contribution < 1.29 is 0 Å². The highest BCUT2D eigenvalue weighted by Gasteiger charge is 2.22. The molecule has 0 saturated heterocycles. The Bertz CT molecular complexity index is 542. The molecule has 2 heterocycles. The van der Waals surface area contributed by atoms with Crippen molar-refractivity contribution in [3.05, 3.63) is 41.7 Å². The van der Waals surface area contributed by atoms with Crippen LogP contribution in [-0.4, -0.2) is 26.8 Å². The van der Waals surface area contributed by atoms with Crippen molar-refractivity contribution in [1.82, 2.24) is 20.3 Å². The molecule has 1 aromatic heterocycles. The normalized spacial score (nSPS) is 17.4. The molecule has 5 heteroatoms. The molecule has 2 aromatic rings. The van der Waals surface area contributed by atoms with Crippen LogP contribution >= 0.6 is 11.8 Å². The van der Waals surface area contributed by atoms with Gasteiger partial charge < -0.3 is 5.32 Å². The Labute approximate surface area is 124 Å². The minimum atomic E-state index is 0.575. The van der Waals surface area contributed by atoms with Crippen LogP contribution in [0.15, 0.2) is 35.4 Å². The van der Waals surface area contributed by atoms with Crippen molar-refractivity contribution in [2.75, 3.05) is 6.54 Å². The number of aromatic nitrogens is 3. The summed E-state index contributed by atoms with van der Waals surface area (Å²) in [5, 5.41) is 12.4. The smallest absolute Gasteiger partial charge is 0.0964 e. The van der Waals surface area contributed by atoms with Gasteiger partial charge in [0.2, 0.25) is 0 Å². The highest BCUT2D eigenvalue weighted by molar-refractivity contribution is 8.00. The third-order valence-corrected chi connectivity index (χ3v) is 4.72. The number of nitrogens with zero attached hydrogens (tertiary/aromatic N) is 3. The second kappa shape index (κ2) is 6.41. The molecule has 3 rings (SSSR count). The van der Waals surface area contributed by atoms with Gasteiger partial charge in [0, 0.05) is 22.9 Å². The van der Waals surface area contributed by atoms with Crippen LogP contribution in [0.3, 0.4) is 0 Å². The van der Waals surface area contributed by atoms with Gasteiger partial charge in [-0.1, -0.05) is 30.3 Å². The van der Waals surface area contributed by atoms with E-state index in [2.05, 4.69) is 53.0 Å². The lowest BCUT2D eigenvalue weighted by molar-refractivity contribution is 0.572. The van der Waals surface area contributed by atoms with Crippen LogP contribution < -0.4 is 5.32 Å². The van der Waals surface area contributed by atoms with Gasteiger partial charge in [0.25, 0.3) is 0 Å². The first kappa shape index (κ1) is 13.6. The molecule has 20 heavy (non-hydrogen) atoms. The fourth-order valence-corrected chi connectivity index (χ4v) is 3.78. The van der Waals surface area contributed by atoms with Crippen molar-refractivity contribution in [3.8, 4) is 0 Å². The SMILES string of the molecule is CCCNCc1cn(CC2Cc3ccccc3S2)nn1. The number of fused-ring (bicyclic) bond motifs is 1. The lowest BCUT2D eigenvalue weighted by atomic mass is 10.1. The zero-order valence-corrected chi connectivity index (χ0v) is 12.6. The van der Waals surface area contributed by atoms with Crippen LogP contribution in [0.4, 0.5) is 0 Å². The Hall–Kier alpha value is -1.33. The first-order valence-corrected chi connectivity index (χ1v) is 8.07. The molecule has 4 nitrogen and oxygen atoms in total. The fourth-order valence-electron chi connectivity index (χ4n) is 2.47. The summed E-state index contributed by atoms with van der Waals surface area (Å²) in [4.78, 5) is 1.42. The molecule has 0 bridgehead atoms. The maximum absolute atomic E-state index is 4.23. The van der Waals surface area contributed by atoms with E-state index in [1.807, 2.05) is 16.4 Å². The van der Waals surface area contributed by atoms with E-state index < -0.39 is 0 Å². The molecule has 1 aliphatic rings. The molecule has 1 N–H and O–H groups in total. The average molecular weight is 288 g/mol. The van der Waals surface area contributed by atoms with Gasteiger partial charge in [-0.2, -0.15) is 0 Å². The standard InChI is InChI=1S/C15H20N4S/c1-2-7-16-9-13-10-19(18-17-13)11-14-8-12-5-3-4-6-15(12)20-14/h3-6,10,14,16H,2,7-9,11H2,1H3. The molecule has 0 amide bonds. The quantitative estimate of drug-likeness (QED) is 0.829. The van der Waals surface area contributed by atoms with Crippen molar-refractivity contribution in [3.63, 3.8) is 0 Å². The van der Waals surface area contributed by atoms with Crippen LogP contribution in [-0.2, 0) is 19.5 Å². The first-order valence-electron chi connectivity index (χ1n) is 7.19. The molecule has 1 unspecified atom stereocenters. The van der Waals surface area contributed by atoms with Crippen LogP contribution in [0.1, 0.15) is 24.6 Å². The summed E-state index contributed by atoms with van der Waals surface area (Å²) < 4.78 is 1.98. The highest BCUT2D eigenvalue weighted by atomic mass is 32.2. The summed E-state index contributed by atoms with van der Waals surface area (Å²) >= 11 is 1.96. The number of thioether (sulfide) groups is 1. The highest BCUT2D eigenvalue weighted by Crippen LogP contribution is 2.37. The number of hydrogen-bond acceptors (Lipinski definition) is 4. The Morgan fingerprint density at radius 2 is 2.30 bits per heavy atom. The molecule has 0 radical (unpaired) electrons. The molecule has 1 aliphatic heterocycles. The van der Waals surface area contributed by atoms with E-state index >= 15 is 0 Å². The minimum absolute atomic E-state index is 0.575. The molecule has 1 atom stereocenters. The van der Waals surface area contributed by atoms with E-state index in [9.17, 15) is 0 Å². The molecule has 0 spiro atoms. The summed E-state index contributed by atoms with van der Waals surface area (Å²) in [6, 6.07) is 8.67. The summed E-state index contributed by atoms with van der Waals surface area (Å²) in [5.41, 5.74) is 2.49. The van der Waals surface area contributed by atoms with Crippen molar-refractivity contribution in [2.45, 2.75) is 43.0 Å². The fraction of sp³-hybridized carbons (Fsp3) is 0.467. The summed E-state index contributed by atoms with van der Waals surface area (Å²) in [6.45, 7) is 4.94. The lowest BCUT2D eigenvalue weighted by Gasteiger charge is -2.07. The van der Waals surface area contributed by atoms with Gasteiger partial charge in [0.1, 0.15) is 0 Å². The molecule has 0 fully saturated rings. The zero-order valence-electron chi connectivity index (χ0n) is 11.7. The van der Waals surface area contributed by atoms with Gasteiger partial charge in [0.15, 0.2) is 0 Å². The molecule has 0 saturated carbocycles. The van der Waals surface area contributed by atoms with E-state index in [0.29, 0.717) is 5.25 Å². The number of rotatable bonds is 6. The Balaban J connectivity index is 1.55. The zero-order chi connectivity index (χ0) is 13.8.